The number of amides is 1. The van der Waals surface area contributed by atoms with E-state index >= 15 is 0 Å². The predicted octanol–water partition coefficient (Wildman–Crippen LogP) is 1.66. The van der Waals surface area contributed by atoms with Gasteiger partial charge in [-0.25, -0.2) is 0 Å². The number of benzene rings is 1. The monoisotopic (exact) mass is 254 g/mol. The van der Waals surface area contributed by atoms with Crippen LogP contribution in [0.15, 0.2) is 18.2 Å². The molecule has 1 aliphatic heterocycles. The number of carbonyl (C=O) groups is 1. The van der Waals surface area contributed by atoms with Crippen molar-refractivity contribution in [2.75, 3.05) is 25.1 Å². The molecule has 0 saturated carbocycles. The van der Waals surface area contributed by atoms with Gasteiger partial charge in [0, 0.05) is 18.7 Å². The first kappa shape index (κ1) is 12.2. The average molecular weight is 255 g/mol. The predicted molar refractivity (Wildman–Crippen MR) is 67.5 cm³/mol. The number of hydrogen-bond donors (Lipinski definition) is 1. The van der Waals surface area contributed by atoms with Gasteiger partial charge in [0.2, 0.25) is 5.91 Å². The first-order chi connectivity index (χ1) is 8.15. The molecule has 2 rings (SSSR count). The highest BCUT2D eigenvalue weighted by Gasteiger charge is 2.29. The molecule has 0 bridgehead atoms. The molecule has 1 saturated heterocycles. The largest absolute Gasteiger partial charge is 0.495 e. The van der Waals surface area contributed by atoms with Crippen molar-refractivity contribution in [2.24, 2.45) is 11.7 Å². The van der Waals surface area contributed by atoms with Crippen LogP contribution in [0, 0.1) is 5.92 Å². The van der Waals surface area contributed by atoms with Crippen molar-refractivity contribution in [3.8, 4) is 5.75 Å². The van der Waals surface area contributed by atoms with E-state index in [-0.39, 0.29) is 11.8 Å². The second kappa shape index (κ2) is 4.94. The van der Waals surface area contributed by atoms with E-state index in [1.807, 2.05) is 6.07 Å². The maximum atomic E-state index is 11.8. The minimum absolute atomic E-state index is 0.0988. The van der Waals surface area contributed by atoms with Crippen LogP contribution in [0.1, 0.15) is 6.42 Å². The lowest BCUT2D eigenvalue weighted by Gasteiger charge is -2.17. The lowest BCUT2D eigenvalue weighted by Crippen LogP contribution is -2.25. The molecule has 0 radical (unpaired) electrons. The molecule has 1 amide bonds. The van der Waals surface area contributed by atoms with Crippen LogP contribution in [0.3, 0.4) is 0 Å². The van der Waals surface area contributed by atoms with Gasteiger partial charge in [0.05, 0.1) is 12.1 Å². The van der Waals surface area contributed by atoms with Crippen LogP contribution in [0.25, 0.3) is 0 Å². The summed E-state index contributed by atoms with van der Waals surface area (Å²) in [5, 5.41) is 0.508. The van der Waals surface area contributed by atoms with E-state index in [4.69, 9.17) is 22.1 Å². The summed E-state index contributed by atoms with van der Waals surface area (Å²) >= 11 is 6.04. The molecule has 1 heterocycles. The Morgan fingerprint density at radius 3 is 2.88 bits per heavy atom. The standard InChI is InChI=1S/C12H15ClN2O2/c1-17-11-3-2-9(5-10(11)13)15-7-8(6-14)4-12(15)16/h2-3,5,8H,4,6-7,14H2,1H3. The molecule has 1 atom stereocenters. The molecule has 17 heavy (non-hydrogen) atoms. The minimum atomic E-state index is 0.0988. The molecular weight excluding hydrogens is 240 g/mol. The van der Waals surface area contributed by atoms with Gasteiger partial charge in [-0.05, 0) is 30.7 Å². The van der Waals surface area contributed by atoms with Gasteiger partial charge in [-0.3, -0.25) is 4.79 Å². The van der Waals surface area contributed by atoms with Gasteiger partial charge < -0.3 is 15.4 Å². The summed E-state index contributed by atoms with van der Waals surface area (Å²) in [6, 6.07) is 5.35. The van der Waals surface area contributed by atoms with E-state index in [0.717, 1.165) is 5.69 Å². The second-order valence-corrected chi connectivity index (χ2v) is 4.54. The molecular formula is C12H15ClN2O2. The molecule has 1 aliphatic rings. The number of nitrogens with two attached hydrogens (primary N) is 1. The fourth-order valence-electron chi connectivity index (χ4n) is 2.01. The quantitative estimate of drug-likeness (QED) is 0.893. The third-order valence-electron chi connectivity index (χ3n) is 2.99. The van der Waals surface area contributed by atoms with Gasteiger partial charge in [0.15, 0.2) is 0 Å². The van der Waals surface area contributed by atoms with Crippen molar-refractivity contribution in [3.05, 3.63) is 23.2 Å². The Morgan fingerprint density at radius 2 is 2.35 bits per heavy atom. The summed E-state index contributed by atoms with van der Waals surface area (Å²) in [5.41, 5.74) is 6.39. The van der Waals surface area contributed by atoms with E-state index < -0.39 is 0 Å². The molecule has 2 N–H and O–H groups in total. The van der Waals surface area contributed by atoms with Crippen LogP contribution in [0.4, 0.5) is 5.69 Å². The highest BCUT2D eigenvalue weighted by molar-refractivity contribution is 6.32. The molecule has 0 aliphatic carbocycles. The number of halogens is 1. The zero-order chi connectivity index (χ0) is 12.4. The molecule has 1 unspecified atom stereocenters. The molecule has 92 valence electrons. The highest BCUT2D eigenvalue weighted by atomic mass is 35.5. The van der Waals surface area contributed by atoms with Crippen molar-refractivity contribution in [3.63, 3.8) is 0 Å². The van der Waals surface area contributed by atoms with Gasteiger partial charge in [0.25, 0.3) is 0 Å². The van der Waals surface area contributed by atoms with Gasteiger partial charge in [0.1, 0.15) is 5.75 Å². The van der Waals surface area contributed by atoms with E-state index in [1.165, 1.54) is 0 Å². The third-order valence-corrected chi connectivity index (χ3v) is 3.28. The lowest BCUT2D eigenvalue weighted by molar-refractivity contribution is -0.117. The first-order valence-electron chi connectivity index (χ1n) is 5.49. The van der Waals surface area contributed by atoms with Crippen molar-refractivity contribution >= 4 is 23.2 Å². The number of nitrogens with zero attached hydrogens (tertiary/aromatic N) is 1. The van der Waals surface area contributed by atoms with Gasteiger partial charge in [-0.15, -0.1) is 0 Å². The summed E-state index contributed by atoms with van der Waals surface area (Å²) in [6.45, 7) is 1.20. The van der Waals surface area contributed by atoms with Crippen molar-refractivity contribution in [2.45, 2.75) is 6.42 Å². The Labute approximate surface area is 105 Å². The first-order valence-corrected chi connectivity index (χ1v) is 5.87. The molecule has 1 fully saturated rings. The van der Waals surface area contributed by atoms with Crippen LogP contribution in [0.5, 0.6) is 5.75 Å². The molecule has 1 aromatic carbocycles. The molecule has 5 heteroatoms. The zero-order valence-electron chi connectivity index (χ0n) is 9.65. The van der Waals surface area contributed by atoms with Crippen LogP contribution < -0.4 is 15.4 Å². The highest BCUT2D eigenvalue weighted by Crippen LogP contribution is 2.31. The zero-order valence-corrected chi connectivity index (χ0v) is 10.4. The van der Waals surface area contributed by atoms with Crippen molar-refractivity contribution in [1.29, 1.82) is 0 Å². The topological polar surface area (TPSA) is 55.6 Å². The summed E-state index contributed by atoms with van der Waals surface area (Å²) in [4.78, 5) is 13.5. The van der Waals surface area contributed by atoms with E-state index in [2.05, 4.69) is 0 Å². The number of hydrogen-bond acceptors (Lipinski definition) is 3. The number of methoxy groups -OCH3 is 1. The van der Waals surface area contributed by atoms with Crippen LogP contribution in [0.2, 0.25) is 5.02 Å². The Morgan fingerprint density at radius 1 is 1.59 bits per heavy atom. The second-order valence-electron chi connectivity index (χ2n) is 4.13. The lowest BCUT2D eigenvalue weighted by atomic mass is 10.1. The van der Waals surface area contributed by atoms with E-state index in [0.29, 0.717) is 30.3 Å². The number of carbonyl (C=O) groups excluding carboxylic acids is 1. The summed E-state index contributed by atoms with van der Waals surface area (Å²) in [6.07, 6.45) is 0.514. The average Bonchev–Trinajstić information content (AvgIpc) is 2.70. The van der Waals surface area contributed by atoms with Gasteiger partial charge >= 0.3 is 0 Å². The van der Waals surface area contributed by atoms with Gasteiger partial charge in [-0.1, -0.05) is 11.6 Å². The van der Waals surface area contributed by atoms with E-state index in [9.17, 15) is 4.79 Å². The fourth-order valence-corrected chi connectivity index (χ4v) is 2.26. The van der Waals surface area contributed by atoms with Crippen LogP contribution >= 0.6 is 11.6 Å². The van der Waals surface area contributed by atoms with Gasteiger partial charge in [-0.2, -0.15) is 0 Å². The Hall–Kier alpha value is -1.26. The number of rotatable bonds is 3. The summed E-state index contributed by atoms with van der Waals surface area (Å²) in [7, 11) is 1.56. The minimum Gasteiger partial charge on any atom is -0.495 e. The molecule has 1 aromatic rings. The maximum absolute atomic E-state index is 11.8. The summed E-state index contributed by atoms with van der Waals surface area (Å²) in [5.74, 6) is 0.947. The summed E-state index contributed by atoms with van der Waals surface area (Å²) < 4.78 is 5.08. The number of anilines is 1. The Bertz CT molecular complexity index is 437. The normalized spacial score (nSPS) is 19.8. The SMILES string of the molecule is COc1ccc(N2CC(CN)CC2=O)cc1Cl. The fraction of sp³-hybridized carbons (Fsp3) is 0.417. The third kappa shape index (κ3) is 2.37. The molecule has 0 aromatic heterocycles. The smallest absolute Gasteiger partial charge is 0.227 e. The molecule has 0 spiro atoms. The van der Waals surface area contributed by atoms with E-state index in [1.54, 1.807) is 24.1 Å². The maximum Gasteiger partial charge on any atom is 0.227 e. The van der Waals surface area contributed by atoms with Crippen molar-refractivity contribution < 1.29 is 9.53 Å². The van der Waals surface area contributed by atoms with Crippen molar-refractivity contribution in [1.82, 2.24) is 0 Å². The Kier molecular flexibility index (Phi) is 3.54. The van der Waals surface area contributed by atoms with Crippen LogP contribution in [-0.4, -0.2) is 26.1 Å². The Balaban J connectivity index is 2.23. The van der Waals surface area contributed by atoms with Crippen LogP contribution in [-0.2, 0) is 4.79 Å². The number of ether oxygens (including phenoxy) is 1. The molecule has 4 nitrogen and oxygen atoms in total.